The molecule has 0 amide bonds. The first kappa shape index (κ1) is 37.9. The zero-order valence-corrected chi connectivity index (χ0v) is 33.2. The normalized spacial score (nSPS) is 15.5. The van der Waals surface area contributed by atoms with Crippen LogP contribution in [0.4, 0.5) is 0 Å². The van der Waals surface area contributed by atoms with Gasteiger partial charge < -0.3 is 5.32 Å². The van der Waals surface area contributed by atoms with Crippen molar-refractivity contribution in [1.29, 1.82) is 0 Å². The minimum atomic E-state index is -0.174. The number of nitrogens with one attached hydrogen (secondary N) is 2. The molecule has 0 fully saturated rings. The molecule has 0 bridgehead atoms. The Morgan fingerprint density at radius 1 is 0.567 bits per heavy atom. The van der Waals surface area contributed by atoms with Crippen molar-refractivity contribution in [1.82, 2.24) is 25.6 Å². The summed E-state index contributed by atoms with van der Waals surface area (Å²) in [6.07, 6.45) is 3.96. The molecule has 7 nitrogen and oxygen atoms in total. The second-order valence-electron chi connectivity index (χ2n) is 14.6. The largest absolute Gasteiger partial charge is 0.366 e. The second-order valence-corrected chi connectivity index (χ2v) is 14.6. The zero-order valence-electron chi connectivity index (χ0n) is 33.2. The van der Waals surface area contributed by atoms with Gasteiger partial charge >= 0.3 is 0 Å². The number of aromatic nitrogens is 3. The first-order chi connectivity index (χ1) is 29.6. The van der Waals surface area contributed by atoms with E-state index in [9.17, 15) is 0 Å². The second kappa shape index (κ2) is 17.9. The smallest absolute Gasteiger partial charge is 0.155 e. The molecule has 2 atom stereocenters. The molecule has 2 unspecified atom stereocenters. The van der Waals surface area contributed by atoms with E-state index in [1.54, 1.807) is 0 Å². The molecule has 1 aliphatic rings. The van der Waals surface area contributed by atoms with Gasteiger partial charge in [-0.25, -0.2) is 15.0 Å². The number of pyridine rings is 3. The number of hydrogen-bond donors (Lipinski definition) is 2. The standard InChI is InChI=1S/C53H43N7/c1-37(38-19-7-2-8-20-38)56-52(41-25-13-5-14-26-41)55-36-44-29-17-31-46(57-44)49-33-43(39-21-9-3-10-22-39)34-50(58-49)51-45(30-18-32-54-51)48-35-47(40-23-11-4-12-24-40)59-53(60-48)42-27-15-6-16-28-42/h2-35,48,53,59-60H,36H2,1H3. The molecule has 290 valence electrons. The molecule has 3 aromatic heterocycles. The van der Waals surface area contributed by atoms with Crippen LogP contribution in [0.1, 0.15) is 52.6 Å². The number of nitrogens with zero attached hydrogens (tertiary/aromatic N) is 5. The van der Waals surface area contributed by atoms with Crippen LogP contribution < -0.4 is 10.6 Å². The lowest BCUT2D eigenvalue weighted by Gasteiger charge is -2.33. The molecular formula is C53H43N7. The maximum Gasteiger partial charge on any atom is 0.155 e. The number of rotatable bonds is 10. The first-order valence-corrected chi connectivity index (χ1v) is 20.2. The Balaban J connectivity index is 1.11. The molecule has 7 heteroatoms. The summed E-state index contributed by atoms with van der Waals surface area (Å²) in [5.74, 6) is 0.656. The highest BCUT2D eigenvalue weighted by Crippen LogP contribution is 2.36. The van der Waals surface area contributed by atoms with Crippen LogP contribution in [0.2, 0.25) is 0 Å². The van der Waals surface area contributed by atoms with Crippen molar-refractivity contribution in [2.45, 2.75) is 25.7 Å². The Morgan fingerprint density at radius 2 is 1.20 bits per heavy atom. The van der Waals surface area contributed by atoms with E-state index in [1.165, 1.54) is 0 Å². The third kappa shape index (κ3) is 8.77. The van der Waals surface area contributed by atoms with Gasteiger partial charge in [-0.15, -0.1) is 0 Å². The predicted octanol–water partition coefficient (Wildman–Crippen LogP) is 11.3. The monoisotopic (exact) mass is 777 g/mol. The lowest BCUT2D eigenvalue weighted by atomic mass is 9.95. The maximum atomic E-state index is 5.32. The summed E-state index contributed by atoms with van der Waals surface area (Å²) in [4.78, 5) is 25.5. The van der Waals surface area contributed by atoms with Crippen LogP contribution >= 0.6 is 0 Å². The summed E-state index contributed by atoms with van der Waals surface area (Å²) in [7, 11) is 0. The van der Waals surface area contributed by atoms with Crippen molar-refractivity contribution in [3.05, 3.63) is 240 Å². The van der Waals surface area contributed by atoms with Crippen LogP contribution in [0.5, 0.6) is 0 Å². The Bertz CT molecular complexity index is 2790. The molecule has 9 rings (SSSR count). The van der Waals surface area contributed by atoms with Crippen LogP contribution in [0, 0.1) is 0 Å². The highest BCUT2D eigenvalue weighted by atomic mass is 15.2. The maximum absolute atomic E-state index is 5.32. The van der Waals surface area contributed by atoms with Gasteiger partial charge in [-0.05, 0) is 71.1 Å². The van der Waals surface area contributed by atoms with E-state index in [-0.39, 0.29) is 12.2 Å². The third-order valence-electron chi connectivity index (χ3n) is 10.5. The fourth-order valence-electron chi connectivity index (χ4n) is 7.45. The molecule has 2 N–H and O–H groups in total. The fraction of sp³-hybridized carbons (Fsp3) is 0.0755. The van der Waals surface area contributed by atoms with Crippen LogP contribution in [0.3, 0.4) is 0 Å². The van der Waals surface area contributed by atoms with Gasteiger partial charge in [-0.2, -0.15) is 0 Å². The summed E-state index contributed by atoms with van der Waals surface area (Å²) in [6.45, 7) is 2.36. The number of benzene rings is 5. The lowest BCUT2D eigenvalue weighted by Crippen LogP contribution is -2.39. The average molecular weight is 778 g/mol. The van der Waals surface area contributed by atoms with Gasteiger partial charge in [-0.3, -0.25) is 15.3 Å². The molecule has 0 radical (unpaired) electrons. The minimum Gasteiger partial charge on any atom is -0.366 e. The third-order valence-corrected chi connectivity index (χ3v) is 10.5. The number of hydrogen-bond acceptors (Lipinski definition) is 6. The minimum absolute atomic E-state index is 0.131. The van der Waals surface area contributed by atoms with Crippen molar-refractivity contribution in [2.24, 2.45) is 9.98 Å². The van der Waals surface area contributed by atoms with Gasteiger partial charge in [0.2, 0.25) is 0 Å². The Morgan fingerprint density at radius 3 is 1.92 bits per heavy atom. The Hall–Kier alpha value is -7.61. The molecule has 1 aliphatic heterocycles. The zero-order chi connectivity index (χ0) is 40.5. The van der Waals surface area contributed by atoms with Gasteiger partial charge in [0.25, 0.3) is 0 Å². The number of aliphatic imine (C=N–C) groups is 2. The molecule has 0 spiro atoms. The Labute approximate surface area is 351 Å². The summed E-state index contributed by atoms with van der Waals surface area (Å²) >= 11 is 0. The Kier molecular flexibility index (Phi) is 11.3. The molecular weight excluding hydrogens is 735 g/mol. The molecule has 60 heavy (non-hydrogen) atoms. The van der Waals surface area contributed by atoms with Gasteiger partial charge in [0.15, 0.2) is 5.84 Å². The molecule has 8 aromatic rings. The molecule has 4 heterocycles. The van der Waals surface area contributed by atoms with E-state index in [4.69, 9.17) is 24.9 Å². The van der Waals surface area contributed by atoms with Crippen molar-refractivity contribution >= 4 is 17.2 Å². The van der Waals surface area contributed by atoms with Crippen LogP contribution in [-0.4, -0.2) is 26.5 Å². The van der Waals surface area contributed by atoms with Gasteiger partial charge in [0, 0.05) is 28.7 Å². The number of amidine groups is 1. The van der Waals surface area contributed by atoms with Crippen molar-refractivity contribution in [3.8, 4) is 33.9 Å². The summed E-state index contributed by atoms with van der Waals surface area (Å²) < 4.78 is 0. The van der Waals surface area contributed by atoms with E-state index in [0.717, 1.165) is 78.8 Å². The van der Waals surface area contributed by atoms with Gasteiger partial charge in [-0.1, -0.05) is 164 Å². The average Bonchev–Trinajstić information content (AvgIpc) is 3.34. The van der Waals surface area contributed by atoms with Crippen molar-refractivity contribution in [2.75, 3.05) is 0 Å². The van der Waals surface area contributed by atoms with Crippen molar-refractivity contribution in [3.63, 3.8) is 0 Å². The topological polar surface area (TPSA) is 87.5 Å². The summed E-state index contributed by atoms with van der Waals surface area (Å²) in [5.41, 5.74) is 13.2. The fourth-order valence-corrected chi connectivity index (χ4v) is 7.45. The first-order valence-electron chi connectivity index (χ1n) is 20.2. The van der Waals surface area contributed by atoms with Gasteiger partial charge in [0.05, 0.1) is 41.1 Å². The van der Waals surface area contributed by atoms with Gasteiger partial charge in [0.1, 0.15) is 6.17 Å². The molecule has 0 aliphatic carbocycles. The van der Waals surface area contributed by atoms with E-state index in [2.05, 4.69) is 120 Å². The highest BCUT2D eigenvalue weighted by molar-refractivity contribution is 6.11. The molecule has 0 saturated carbocycles. The van der Waals surface area contributed by atoms with E-state index in [1.807, 2.05) is 104 Å². The lowest BCUT2D eigenvalue weighted by molar-refractivity contribution is 0.442. The predicted molar refractivity (Wildman–Crippen MR) is 244 cm³/mol. The van der Waals surface area contributed by atoms with Crippen molar-refractivity contribution < 1.29 is 0 Å². The molecule has 0 saturated heterocycles. The van der Waals surface area contributed by atoms with E-state index < -0.39 is 0 Å². The van der Waals surface area contributed by atoms with Crippen LogP contribution in [-0.2, 0) is 6.54 Å². The quantitative estimate of drug-likeness (QED) is 0.107. The molecule has 5 aromatic carbocycles. The van der Waals surface area contributed by atoms with Crippen LogP contribution in [0.25, 0.3) is 39.6 Å². The summed E-state index contributed by atoms with van der Waals surface area (Å²) in [6, 6.07) is 65.9. The summed E-state index contributed by atoms with van der Waals surface area (Å²) in [5, 5.41) is 7.61. The van der Waals surface area contributed by atoms with Crippen LogP contribution in [0.15, 0.2) is 216 Å². The van der Waals surface area contributed by atoms with E-state index >= 15 is 0 Å². The SMILES string of the molecule is CC(=NC(=NCc1cccc(-c2cc(-c3ccccc3)cc(-c3ncccc3C3C=C(c4ccccc4)NC(c4ccccc4)N3)n2)n1)c1ccccc1)c1ccccc1. The van der Waals surface area contributed by atoms with E-state index in [0.29, 0.717) is 12.4 Å². The highest BCUT2D eigenvalue weighted by Gasteiger charge is 2.27.